The van der Waals surface area contributed by atoms with Gasteiger partial charge in [0, 0.05) is 22.9 Å². The molecule has 13 heavy (non-hydrogen) atoms. The van der Waals surface area contributed by atoms with Crippen molar-refractivity contribution in [2.75, 3.05) is 0 Å². The predicted molar refractivity (Wildman–Crippen MR) is 52.9 cm³/mol. The second-order valence-corrected chi connectivity index (χ2v) is 4.24. The fourth-order valence-electron chi connectivity index (χ4n) is 1.05. The van der Waals surface area contributed by atoms with E-state index in [0.717, 1.165) is 5.69 Å². The van der Waals surface area contributed by atoms with Crippen molar-refractivity contribution in [3.05, 3.63) is 29.6 Å². The first kappa shape index (κ1) is 9.90. The Labute approximate surface area is 79.0 Å². The van der Waals surface area contributed by atoms with E-state index in [-0.39, 0.29) is 11.2 Å². The Balaban J connectivity index is 3.01. The number of carbonyl (C=O) groups excluding carboxylic acids is 1. The number of aromatic nitrogens is 1. The summed E-state index contributed by atoms with van der Waals surface area (Å²) in [7, 11) is 0. The van der Waals surface area contributed by atoms with Gasteiger partial charge in [0.25, 0.3) is 0 Å². The molecule has 0 aliphatic carbocycles. The molecule has 0 unspecified atom stereocenters. The quantitative estimate of drug-likeness (QED) is 0.617. The topological polar surface area (TPSA) is 30.0 Å². The van der Waals surface area contributed by atoms with Crippen molar-refractivity contribution >= 4 is 5.78 Å². The number of ketones is 1. The van der Waals surface area contributed by atoms with E-state index in [4.69, 9.17) is 0 Å². The Kier molecular flexibility index (Phi) is 2.50. The average Bonchev–Trinajstić information content (AvgIpc) is 2.03. The molecule has 0 radical (unpaired) electrons. The Morgan fingerprint density at radius 2 is 1.92 bits per heavy atom. The van der Waals surface area contributed by atoms with Crippen LogP contribution in [0.25, 0.3) is 0 Å². The molecule has 1 rings (SSSR count). The lowest BCUT2D eigenvalue weighted by molar-refractivity contribution is 0.101. The predicted octanol–water partition coefficient (Wildman–Crippen LogP) is 2.58. The van der Waals surface area contributed by atoms with E-state index in [1.807, 2.05) is 12.1 Å². The molecule has 70 valence electrons. The van der Waals surface area contributed by atoms with Gasteiger partial charge in [-0.25, -0.2) is 0 Å². The molecule has 0 saturated carbocycles. The Hall–Kier alpha value is -1.18. The van der Waals surface area contributed by atoms with Crippen LogP contribution in [0, 0.1) is 0 Å². The normalized spacial score (nSPS) is 11.4. The average molecular weight is 177 g/mol. The van der Waals surface area contributed by atoms with E-state index in [9.17, 15) is 4.79 Å². The number of hydrogen-bond donors (Lipinski definition) is 0. The van der Waals surface area contributed by atoms with Crippen molar-refractivity contribution in [1.29, 1.82) is 0 Å². The summed E-state index contributed by atoms with van der Waals surface area (Å²) in [5, 5.41) is 0. The Bertz CT molecular complexity index is 306. The van der Waals surface area contributed by atoms with Crippen molar-refractivity contribution in [3.8, 4) is 0 Å². The van der Waals surface area contributed by atoms with Gasteiger partial charge in [-0.15, -0.1) is 0 Å². The van der Waals surface area contributed by atoms with Crippen LogP contribution in [0.2, 0.25) is 0 Å². The fourth-order valence-corrected chi connectivity index (χ4v) is 1.05. The molecule has 0 amide bonds. The van der Waals surface area contributed by atoms with Gasteiger partial charge in [0.15, 0.2) is 5.78 Å². The summed E-state index contributed by atoms with van der Waals surface area (Å²) in [5.41, 5.74) is 1.74. The molecule has 2 nitrogen and oxygen atoms in total. The summed E-state index contributed by atoms with van der Waals surface area (Å²) in [5.74, 6) is 0.0629. The number of carbonyl (C=O) groups is 1. The molecule has 2 heteroatoms. The van der Waals surface area contributed by atoms with Crippen LogP contribution in [-0.4, -0.2) is 10.8 Å². The highest BCUT2D eigenvalue weighted by Gasteiger charge is 2.14. The summed E-state index contributed by atoms with van der Waals surface area (Å²) in [4.78, 5) is 15.2. The van der Waals surface area contributed by atoms with Crippen LogP contribution in [-0.2, 0) is 5.41 Å². The summed E-state index contributed by atoms with van der Waals surface area (Å²) in [6.45, 7) is 7.85. The largest absolute Gasteiger partial charge is 0.294 e. The van der Waals surface area contributed by atoms with Gasteiger partial charge in [-0.05, 0) is 19.1 Å². The summed E-state index contributed by atoms with van der Waals surface area (Å²) in [6.07, 6.45) is 1.64. The van der Waals surface area contributed by atoms with Gasteiger partial charge in [-0.2, -0.15) is 0 Å². The van der Waals surface area contributed by atoms with Crippen LogP contribution in [0.15, 0.2) is 18.3 Å². The minimum Gasteiger partial charge on any atom is -0.294 e. The second-order valence-electron chi connectivity index (χ2n) is 4.24. The summed E-state index contributed by atoms with van der Waals surface area (Å²) < 4.78 is 0. The fraction of sp³-hybridized carbons (Fsp3) is 0.455. The van der Waals surface area contributed by atoms with Gasteiger partial charge in [0.1, 0.15) is 0 Å². The third-order valence-corrected chi connectivity index (χ3v) is 1.94. The third kappa shape index (κ3) is 2.38. The highest BCUT2D eigenvalue weighted by molar-refractivity contribution is 5.93. The molecule has 0 aliphatic heterocycles. The number of hydrogen-bond acceptors (Lipinski definition) is 2. The summed E-state index contributed by atoms with van der Waals surface area (Å²) in [6, 6.07) is 3.74. The van der Waals surface area contributed by atoms with E-state index in [2.05, 4.69) is 25.8 Å². The molecule has 1 aromatic heterocycles. The van der Waals surface area contributed by atoms with E-state index in [1.165, 1.54) is 0 Å². The highest BCUT2D eigenvalue weighted by atomic mass is 16.1. The molecule has 1 aromatic rings. The van der Waals surface area contributed by atoms with E-state index in [1.54, 1.807) is 13.1 Å². The third-order valence-electron chi connectivity index (χ3n) is 1.94. The first-order valence-corrected chi connectivity index (χ1v) is 4.39. The standard InChI is InChI=1S/C11H15NO/c1-8(13)9-5-6-10(12-7-9)11(2,3)4/h5-7H,1-4H3. The molecule has 0 aromatic carbocycles. The molecule has 0 aliphatic rings. The van der Waals surface area contributed by atoms with Gasteiger partial charge in [0.05, 0.1) is 0 Å². The smallest absolute Gasteiger partial charge is 0.161 e. The van der Waals surface area contributed by atoms with Gasteiger partial charge in [0.2, 0.25) is 0 Å². The summed E-state index contributed by atoms with van der Waals surface area (Å²) >= 11 is 0. The molecular weight excluding hydrogens is 162 g/mol. The van der Waals surface area contributed by atoms with Crippen molar-refractivity contribution in [3.63, 3.8) is 0 Å². The SMILES string of the molecule is CC(=O)c1ccc(C(C)(C)C)nc1. The van der Waals surface area contributed by atoms with Crippen LogP contribution < -0.4 is 0 Å². The Morgan fingerprint density at radius 3 is 2.23 bits per heavy atom. The Morgan fingerprint density at radius 1 is 1.31 bits per heavy atom. The van der Waals surface area contributed by atoms with Gasteiger partial charge in [-0.1, -0.05) is 20.8 Å². The van der Waals surface area contributed by atoms with Crippen LogP contribution >= 0.6 is 0 Å². The van der Waals surface area contributed by atoms with E-state index >= 15 is 0 Å². The molecular formula is C11H15NO. The molecule has 0 spiro atoms. The van der Waals surface area contributed by atoms with Crippen LogP contribution in [0.1, 0.15) is 43.7 Å². The maximum absolute atomic E-state index is 11.0. The number of rotatable bonds is 1. The second kappa shape index (κ2) is 3.29. The van der Waals surface area contributed by atoms with E-state index in [0.29, 0.717) is 5.56 Å². The molecule has 0 bridgehead atoms. The van der Waals surface area contributed by atoms with Gasteiger partial charge < -0.3 is 0 Å². The first-order chi connectivity index (χ1) is 5.91. The van der Waals surface area contributed by atoms with Gasteiger partial charge >= 0.3 is 0 Å². The minimum atomic E-state index is 0.0509. The molecule has 0 fully saturated rings. The van der Waals surface area contributed by atoms with E-state index < -0.39 is 0 Å². The lowest BCUT2D eigenvalue weighted by atomic mass is 9.91. The molecule has 0 N–H and O–H groups in total. The van der Waals surface area contributed by atoms with Crippen LogP contribution in [0.4, 0.5) is 0 Å². The minimum absolute atomic E-state index is 0.0509. The zero-order chi connectivity index (χ0) is 10.1. The zero-order valence-electron chi connectivity index (χ0n) is 8.59. The molecule has 0 saturated heterocycles. The first-order valence-electron chi connectivity index (χ1n) is 4.39. The lowest BCUT2D eigenvalue weighted by Gasteiger charge is -2.17. The van der Waals surface area contributed by atoms with Crippen molar-refractivity contribution in [2.45, 2.75) is 33.1 Å². The monoisotopic (exact) mass is 177 g/mol. The van der Waals surface area contributed by atoms with Crippen LogP contribution in [0.5, 0.6) is 0 Å². The maximum atomic E-state index is 11.0. The van der Waals surface area contributed by atoms with Gasteiger partial charge in [-0.3, -0.25) is 9.78 Å². The van der Waals surface area contributed by atoms with Crippen molar-refractivity contribution in [2.24, 2.45) is 0 Å². The number of nitrogens with zero attached hydrogens (tertiary/aromatic N) is 1. The highest BCUT2D eigenvalue weighted by Crippen LogP contribution is 2.19. The lowest BCUT2D eigenvalue weighted by Crippen LogP contribution is -2.13. The van der Waals surface area contributed by atoms with Crippen molar-refractivity contribution in [1.82, 2.24) is 4.98 Å². The number of Topliss-reactive ketones (excluding diaryl/α,β-unsaturated/α-hetero) is 1. The van der Waals surface area contributed by atoms with Crippen molar-refractivity contribution < 1.29 is 4.79 Å². The zero-order valence-corrected chi connectivity index (χ0v) is 8.59. The number of pyridine rings is 1. The molecule has 1 heterocycles. The van der Waals surface area contributed by atoms with Crippen LogP contribution in [0.3, 0.4) is 0 Å². The molecule has 0 atom stereocenters. The maximum Gasteiger partial charge on any atom is 0.161 e.